The Kier molecular flexibility index (Phi) is 7.12. The van der Waals surface area contributed by atoms with E-state index < -0.39 is 35.7 Å². The molecule has 2 unspecified atom stereocenters. The van der Waals surface area contributed by atoms with Gasteiger partial charge in [-0.15, -0.1) is 0 Å². The van der Waals surface area contributed by atoms with Gasteiger partial charge in [-0.25, -0.2) is 17.9 Å². The van der Waals surface area contributed by atoms with Crippen molar-refractivity contribution in [2.75, 3.05) is 18.4 Å². The lowest BCUT2D eigenvalue weighted by Crippen LogP contribution is -2.41. The van der Waals surface area contributed by atoms with Gasteiger partial charge in [0.2, 0.25) is 0 Å². The molecule has 2 aromatic carbocycles. The predicted molar refractivity (Wildman–Crippen MR) is 135 cm³/mol. The molecule has 2 amide bonds. The molecule has 0 aliphatic carbocycles. The lowest BCUT2D eigenvalue weighted by Gasteiger charge is -2.12. The molecule has 0 radical (unpaired) electrons. The largest absolute Gasteiger partial charge is 0.344 e. The third-order valence-electron chi connectivity index (χ3n) is 5.96. The second kappa shape index (κ2) is 10.6. The zero-order chi connectivity index (χ0) is 26.8. The Hall–Kier alpha value is -4.22. The zero-order valence-corrected chi connectivity index (χ0v) is 20.3. The third-order valence-corrected chi connectivity index (χ3v) is 6.27. The van der Waals surface area contributed by atoms with Crippen LogP contribution < -0.4 is 16.0 Å². The first-order valence-electron chi connectivity index (χ1n) is 11.5. The maximum absolute atomic E-state index is 14.6. The van der Waals surface area contributed by atoms with Crippen molar-refractivity contribution in [3.05, 3.63) is 94.8 Å². The number of hydrogen-bond acceptors (Lipinski definition) is 5. The number of aromatic nitrogens is 3. The van der Waals surface area contributed by atoms with Crippen LogP contribution in [0.4, 0.5) is 19.0 Å². The number of nitrogens with zero attached hydrogens (tertiary/aromatic N) is 3. The Balaban J connectivity index is 1.48. The van der Waals surface area contributed by atoms with E-state index in [1.807, 2.05) is 0 Å². The molecule has 38 heavy (non-hydrogen) atoms. The number of alkyl halides is 1. The second-order valence-corrected chi connectivity index (χ2v) is 8.92. The van der Waals surface area contributed by atoms with Crippen molar-refractivity contribution in [1.82, 2.24) is 25.4 Å². The number of anilines is 1. The fourth-order valence-electron chi connectivity index (χ4n) is 4.05. The highest BCUT2D eigenvalue weighted by Crippen LogP contribution is 2.30. The summed E-state index contributed by atoms with van der Waals surface area (Å²) in [6, 6.07) is 13.8. The number of nitrogens with one attached hydrogen (secondary N) is 3. The summed E-state index contributed by atoms with van der Waals surface area (Å²) in [6.45, 7) is 0.408. The van der Waals surface area contributed by atoms with Crippen molar-refractivity contribution in [2.45, 2.75) is 12.2 Å². The molecule has 3 heterocycles. The van der Waals surface area contributed by atoms with E-state index in [1.54, 1.807) is 30.3 Å². The van der Waals surface area contributed by atoms with Gasteiger partial charge in [-0.1, -0.05) is 29.8 Å². The maximum atomic E-state index is 14.6. The summed E-state index contributed by atoms with van der Waals surface area (Å²) in [6.07, 6.45) is 0.0531. The van der Waals surface area contributed by atoms with Gasteiger partial charge in [0.1, 0.15) is 29.3 Å². The van der Waals surface area contributed by atoms with E-state index in [-0.39, 0.29) is 46.4 Å². The average Bonchev–Trinajstić information content (AvgIpc) is 3.51. The Bertz CT molecular complexity index is 1510. The predicted octanol–water partition coefficient (Wildman–Crippen LogP) is 4.16. The first-order valence-corrected chi connectivity index (χ1v) is 11.9. The average molecular weight is 541 g/mol. The summed E-state index contributed by atoms with van der Waals surface area (Å²) in [4.78, 5) is 30.0. The Labute approximate surface area is 219 Å². The van der Waals surface area contributed by atoms with Gasteiger partial charge in [-0.3, -0.25) is 14.6 Å². The molecule has 0 bridgehead atoms. The Morgan fingerprint density at radius 3 is 2.50 bits per heavy atom. The van der Waals surface area contributed by atoms with E-state index in [0.717, 1.165) is 18.2 Å². The van der Waals surface area contributed by atoms with Gasteiger partial charge >= 0.3 is 0 Å². The fraction of sp³-hybridized carbons (Fsp3) is 0.154. The zero-order valence-electron chi connectivity index (χ0n) is 19.6. The van der Waals surface area contributed by atoms with Crippen LogP contribution in [0.2, 0.25) is 5.02 Å². The van der Waals surface area contributed by atoms with E-state index in [1.165, 1.54) is 23.0 Å². The number of hydrogen-bond donors (Lipinski definition) is 3. The van der Waals surface area contributed by atoms with Crippen LogP contribution in [0.3, 0.4) is 0 Å². The molecule has 5 rings (SSSR count). The van der Waals surface area contributed by atoms with Crippen LogP contribution in [0.15, 0.2) is 66.9 Å². The van der Waals surface area contributed by atoms with Crippen molar-refractivity contribution in [3.8, 4) is 16.9 Å². The molecular weight excluding hydrogens is 521 g/mol. The molecule has 3 N–H and O–H groups in total. The highest BCUT2D eigenvalue weighted by atomic mass is 35.5. The Morgan fingerprint density at radius 1 is 1.00 bits per heavy atom. The molecule has 12 heteroatoms. The summed E-state index contributed by atoms with van der Waals surface area (Å²) < 4.78 is 44.2. The highest BCUT2D eigenvalue weighted by Gasteiger charge is 2.29. The van der Waals surface area contributed by atoms with Gasteiger partial charge in [-0.05, 0) is 36.4 Å². The van der Waals surface area contributed by atoms with Crippen LogP contribution in [0.1, 0.15) is 20.8 Å². The highest BCUT2D eigenvalue weighted by molar-refractivity contribution is 6.34. The molecule has 8 nitrogen and oxygen atoms in total. The molecular formula is C26H20ClF3N6O2. The quantitative estimate of drug-likeness (QED) is 0.341. The number of carbonyl (C=O) groups is 2. The fourth-order valence-corrected chi connectivity index (χ4v) is 4.29. The van der Waals surface area contributed by atoms with Crippen LogP contribution in [-0.4, -0.2) is 51.9 Å². The number of pyridine rings is 1. The van der Waals surface area contributed by atoms with Crippen molar-refractivity contribution < 1.29 is 22.8 Å². The van der Waals surface area contributed by atoms with Crippen LogP contribution >= 0.6 is 11.6 Å². The van der Waals surface area contributed by atoms with Crippen LogP contribution in [0, 0.1) is 11.6 Å². The minimum Gasteiger partial charge on any atom is -0.344 e. The molecule has 1 aliphatic heterocycles. The van der Waals surface area contributed by atoms with Crippen LogP contribution in [-0.2, 0) is 0 Å². The van der Waals surface area contributed by atoms with Crippen LogP contribution in [0.25, 0.3) is 16.9 Å². The van der Waals surface area contributed by atoms with Gasteiger partial charge in [0.05, 0.1) is 22.3 Å². The SMILES string of the molecule is O=C(NC1CNCC1F)c1cc(NC(=O)c2cc(-c3ncccc3F)c(F)cc2Cl)n(-c2ccccc2)n1. The normalized spacial score (nSPS) is 16.8. The molecule has 1 fully saturated rings. The summed E-state index contributed by atoms with van der Waals surface area (Å²) in [5, 5.41) is 12.2. The van der Waals surface area contributed by atoms with E-state index in [0.29, 0.717) is 5.69 Å². The second-order valence-electron chi connectivity index (χ2n) is 8.52. The number of rotatable bonds is 6. The molecule has 194 valence electrons. The third kappa shape index (κ3) is 5.11. The maximum Gasteiger partial charge on any atom is 0.272 e. The van der Waals surface area contributed by atoms with E-state index in [2.05, 4.69) is 26.0 Å². The molecule has 4 aromatic rings. The number of halogens is 4. The molecule has 2 atom stereocenters. The summed E-state index contributed by atoms with van der Waals surface area (Å²) in [7, 11) is 0. The van der Waals surface area contributed by atoms with Crippen molar-refractivity contribution >= 4 is 29.2 Å². The van der Waals surface area contributed by atoms with Gasteiger partial charge in [-0.2, -0.15) is 5.10 Å². The monoisotopic (exact) mass is 540 g/mol. The van der Waals surface area contributed by atoms with Crippen molar-refractivity contribution in [2.24, 2.45) is 0 Å². The van der Waals surface area contributed by atoms with E-state index in [9.17, 15) is 22.8 Å². The summed E-state index contributed by atoms with van der Waals surface area (Å²) >= 11 is 6.17. The number of benzene rings is 2. The molecule has 0 saturated carbocycles. The van der Waals surface area contributed by atoms with Gasteiger partial charge < -0.3 is 16.0 Å². The molecule has 0 spiro atoms. The summed E-state index contributed by atoms with van der Waals surface area (Å²) in [5.74, 6) is -2.92. The smallest absolute Gasteiger partial charge is 0.272 e. The van der Waals surface area contributed by atoms with Crippen molar-refractivity contribution in [3.63, 3.8) is 0 Å². The summed E-state index contributed by atoms with van der Waals surface area (Å²) in [5.41, 5.74) is -0.229. The lowest BCUT2D eigenvalue weighted by atomic mass is 10.1. The topological polar surface area (TPSA) is 101 Å². The standard InChI is InChI=1S/C26H20ClF3N6O2/c27-17-10-19(29)16(24-18(28)7-4-8-32-24)9-15(17)25(37)34-23-11-21(26(38)33-22-13-31-12-20(22)30)35-36(23)14-5-2-1-3-6-14/h1-11,20,22,31H,12-13H2,(H,33,38)(H,34,37). The minimum atomic E-state index is -1.24. The molecule has 1 aliphatic rings. The van der Waals surface area contributed by atoms with Crippen molar-refractivity contribution in [1.29, 1.82) is 0 Å². The molecule has 1 saturated heterocycles. The van der Waals surface area contributed by atoms with Crippen LogP contribution in [0.5, 0.6) is 0 Å². The van der Waals surface area contributed by atoms with Gasteiger partial charge in [0.15, 0.2) is 5.69 Å². The van der Waals surface area contributed by atoms with E-state index >= 15 is 0 Å². The number of para-hydroxylation sites is 1. The number of carbonyl (C=O) groups excluding carboxylic acids is 2. The number of amides is 2. The Morgan fingerprint density at radius 2 is 1.79 bits per heavy atom. The first kappa shape index (κ1) is 25.4. The lowest BCUT2D eigenvalue weighted by molar-refractivity contribution is 0.0918. The van der Waals surface area contributed by atoms with E-state index in [4.69, 9.17) is 11.6 Å². The minimum absolute atomic E-state index is 0.0651. The van der Waals surface area contributed by atoms with Gasteiger partial charge in [0, 0.05) is 30.9 Å². The molecule has 2 aromatic heterocycles. The van der Waals surface area contributed by atoms with Gasteiger partial charge in [0.25, 0.3) is 11.8 Å². The first-order chi connectivity index (χ1) is 18.3.